The van der Waals surface area contributed by atoms with Gasteiger partial charge in [-0.1, -0.05) is 63.1 Å². The van der Waals surface area contributed by atoms with E-state index in [9.17, 15) is 19.2 Å². The van der Waals surface area contributed by atoms with Crippen molar-refractivity contribution < 1.29 is 37.5 Å². The maximum absolute atomic E-state index is 13.9. The summed E-state index contributed by atoms with van der Waals surface area (Å²) in [6, 6.07) is 22.9. The number of nitrogens with zero attached hydrogens (tertiary/aromatic N) is 2. The monoisotopic (exact) mass is 1370 g/mol. The third kappa shape index (κ3) is 14.6. The first kappa shape index (κ1) is 54.0. The fourth-order valence-corrected chi connectivity index (χ4v) is 11.9. The lowest BCUT2D eigenvalue weighted by molar-refractivity contribution is -0.123. The van der Waals surface area contributed by atoms with Crippen LogP contribution in [0.2, 0.25) is 0 Å². The van der Waals surface area contributed by atoms with Crippen LogP contribution in [0.1, 0.15) is 95.7 Å². The Morgan fingerprint density at radius 3 is 1.29 bits per heavy atom. The average molecular weight is 1370 g/mol. The molecule has 0 saturated carbocycles. The zero-order valence-corrected chi connectivity index (χ0v) is 47.5. The van der Waals surface area contributed by atoms with Crippen LogP contribution in [0.25, 0.3) is 21.9 Å². The van der Waals surface area contributed by atoms with Gasteiger partial charge in [-0.05, 0) is 167 Å². The van der Waals surface area contributed by atoms with E-state index in [1.807, 2.05) is 96.7 Å². The van der Waals surface area contributed by atoms with Gasteiger partial charge >= 0.3 is 0 Å². The number of carbonyl (C=O) groups excluding carboxylic acids is 4. The van der Waals surface area contributed by atoms with Crippen LogP contribution in [0.3, 0.4) is 0 Å². The molecule has 0 fully saturated rings. The van der Waals surface area contributed by atoms with Gasteiger partial charge in [-0.15, -0.1) is 0 Å². The fraction of sp³-hybridized carbons (Fsp3) is 0.385. The summed E-state index contributed by atoms with van der Waals surface area (Å²) >= 11 is 8.86. The summed E-state index contributed by atoms with van der Waals surface area (Å²) in [7, 11) is 3.75. The van der Waals surface area contributed by atoms with Gasteiger partial charge in [-0.2, -0.15) is 0 Å². The van der Waals surface area contributed by atoms with Gasteiger partial charge in [0.1, 0.15) is 47.4 Å². The second-order valence-electron chi connectivity index (χ2n) is 16.8. The summed E-state index contributed by atoms with van der Waals surface area (Å²) < 4.78 is 27.9. The van der Waals surface area contributed by atoms with Crippen molar-refractivity contribution in [1.82, 2.24) is 20.4 Å². The normalized spacial score (nSPS) is 11.5. The Morgan fingerprint density at radius 1 is 0.559 bits per heavy atom. The molecular weight excluding hydrogens is 1320 g/mol. The van der Waals surface area contributed by atoms with Crippen molar-refractivity contribution in [2.24, 2.45) is 0 Å². The minimum absolute atomic E-state index is 0.0569. The molecule has 2 heterocycles. The number of para-hydroxylation sites is 2. The molecule has 0 bridgehead atoms. The number of fused-ring (bicyclic) bond motifs is 2. The third-order valence-corrected chi connectivity index (χ3v) is 14.5. The second kappa shape index (κ2) is 26.8. The third-order valence-electron chi connectivity index (χ3n) is 11.3. The number of rotatable bonds is 27. The van der Waals surface area contributed by atoms with E-state index in [4.69, 9.17) is 18.3 Å². The summed E-state index contributed by atoms with van der Waals surface area (Å²) in [5.41, 5.74) is 3.91. The van der Waals surface area contributed by atoms with E-state index in [0.29, 0.717) is 86.0 Å². The largest absolute Gasteiger partial charge is 0.490 e. The number of halogens is 4. The summed E-state index contributed by atoms with van der Waals surface area (Å²) in [5, 5.41) is 7.61. The number of unbranched alkanes of at least 4 members (excludes halogenated alkanes) is 3. The topological polar surface area (TPSA) is 144 Å². The Balaban J connectivity index is 0.847. The number of aryl methyl sites for hydroxylation is 2. The van der Waals surface area contributed by atoms with E-state index in [1.165, 1.54) is 0 Å². The smallest absolute Gasteiger partial charge is 0.234 e. The van der Waals surface area contributed by atoms with Crippen molar-refractivity contribution >= 4 is 136 Å². The SMILES string of the molecule is CCCCc1oc2ccccc2c1C(=O)c1cc(I)c(OCCN(C)CC(=O)NCCCCNC(=O)CN(C)CCOc2c(I)cc(C(=O)c3c(CCCC)oc4ccccc34)cc2I)c(I)c1. The molecule has 0 atom stereocenters. The first-order valence-electron chi connectivity index (χ1n) is 23.0. The summed E-state index contributed by atoms with van der Waals surface area (Å²) in [6.45, 7) is 7.55. The molecule has 4 aromatic carbocycles. The first-order chi connectivity index (χ1) is 32.8. The number of nitrogens with one attached hydrogen (secondary N) is 2. The Labute approximate surface area is 453 Å². The van der Waals surface area contributed by atoms with E-state index < -0.39 is 0 Å². The summed E-state index contributed by atoms with van der Waals surface area (Å²) in [6.07, 6.45) is 6.78. The number of ether oxygens (including phenoxy) is 2. The molecule has 0 aliphatic rings. The van der Waals surface area contributed by atoms with Crippen LogP contribution < -0.4 is 20.1 Å². The summed E-state index contributed by atoms with van der Waals surface area (Å²) in [5.74, 6) is 2.62. The lowest BCUT2D eigenvalue weighted by Crippen LogP contribution is -2.38. The zero-order valence-electron chi connectivity index (χ0n) is 38.9. The van der Waals surface area contributed by atoms with E-state index in [0.717, 1.165) is 86.3 Å². The van der Waals surface area contributed by atoms with Gasteiger partial charge in [-0.3, -0.25) is 29.0 Å². The van der Waals surface area contributed by atoms with E-state index in [2.05, 4.69) is 115 Å². The number of furan rings is 2. The average Bonchev–Trinajstić information content (AvgIpc) is 3.87. The molecule has 2 aromatic heterocycles. The highest BCUT2D eigenvalue weighted by Gasteiger charge is 2.25. The molecule has 362 valence electrons. The molecule has 12 nitrogen and oxygen atoms in total. The molecule has 2 amide bonds. The van der Waals surface area contributed by atoms with Gasteiger partial charge in [0.05, 0.1) is 38.5 Å². The molecule has 0 unspecified atom stereocenters. The van der Waals surface area contributed by atoms with Crippen molar-refractivity contribution in [2.45, 2.75) is 65.2 Å². The Morgan fingerprint density at radius 2 is 0.926 bits per heavy atom. The minimum Gasteiger partial charge on any atom is -0.490 e. The molecule has 0 aliphatic carbocycles. The van der Waals surface area contributed by atoms with Gasteiger partial charge in [0, 0.05) is 60.9 Å². The van der Waals surface area contributed by atoms with Crippen molar-refractivity contribution in [3.8, 4) is 11.5 Å². The predicted molar refractivity (Wildman–Crippen MR) is 302 cm³/mol. The molecule has 16 heteroatoms. The Bertz CT molecular complexity index is 2490. The molecule has 0 radical (unpaired) electrons. The van der Waals surface area contributed by atoms with Crippen LogP contribution in [-0.4, -0.2) is 99.8 Å². The number of ketones is 2. The fourth-order valence-electron chi connectivity index (χ4n) is 7.74. The maximum atomic E-state index is 13.9. The molecule has 2 N–H and O–H groups in total. The molecule has 6 rings (SSSR count). The van der Waals surface area contributed by atoms with Crippen LogP contribution >= 0.6 is 90.4 Å². The lowest BCUT2D eigenvalue weighted by atomic mass is 9.98. The molecule has 0 aliphatic heterocycles. The van der Waals surface area contributed by atoms with Crippen molar-refractivity contribution in [1.29, 1.82) is 0 Å². The van der Waals surface area contributed by atoms with Crippen LogP contribution in [0.5, 0.6) is 11.5 Å². The van der Waals surface area contributed by atoms with Crippen LogP contribution in [0.4, 0.5) is 0 Å². The van der Waals surface area contributed by atoms with E-state index >= 15 is 0 Å². The van der Waals surface area contributed by atoms with Crippen molar-refractivity contribution in [3.63, 3.8) is 0 Å². The molecule has 6 aromatic rings. The quantitative estimate of drug-likeness (QED) is 0.0291. The van der Waals surface area contributed by atoms with Gasteiger partial charge in [0.25, 0.3) is 0 Å². The second-order valence-corrected chi connectivity index (χ2v) is 21.4. The van der Waals surface area contributed by atoms with E-state index in [-0.39, 0.29) is 36.5 Å². The molecule has 68 heavy (non-hydrogen) atoms. The van der Waals surface area contributed by atoms with Gasteiger partial charge in [0.15, 0.2) is 11.6 Å². The number of amides is 2. The number of carbonyl (C=O) groups is 4. The Hall–Kier alpha value is -3.32. The maximum Gasteiger partial charge on any atom is 0.234 e. The van der Waals surface area contributed by atoms with E-state index in [1.54, 1.807) is 0 Å². The highest BCUT2D eigenvalue weighted by molar-refractivity contribution is 14.1. The highest BCUT2D eigenvalue weighted by Crippen LogP contribution is 2.35. The first-order valence-corrected chi connectivity index (χ1v) is 27.3. The lowest BCUT2D eigenvalue weighted by Gasteiger charge is -2.18. The molecular formula is C52H58I4N4O8. The van der Waals surface area contributed by atoms with Crippen LogP contribution in [-0.2, 0) is 22.4 Å². The van der Waals surface area contributed by atoms with Gasteiger partial charge in [0.2, 0.25) is 11.8 Å². The summed E-state index contributed by atoms with van der Waals surface area (Å²) in [4.78, 5) is 56.9. The number of hydrogen-bond acceptors (Lipinski definition) is 10. The molecule has 0 spiro atoms. The molecule has 0 saturated heterocycles. The van der Waals surface area contributed by atoms with Gasteiger partial charge < -0.3 is 28.9 Å². The number of likely N-dealkylation sites (N-methyl/N-ethyl adjacent to an activating group) is 2. The van der Waals surface area contributed by atoms with Crippen LogP contribution in [0.15, 0.2) is 81.6 Å². The predicted octanol–water partition coefficient (Wildman–Crippen LogP) is 11.1. The highest BCUT2D eigenvalue weighted by atomic mass is 127. The van der Waals surface area contributed by atoms with Crippen molar-refractivity contribution in [2.75, 3.05) is 66.6 Å². The van der Waals surface area contributed by atoms with Gasteiger partial charge in [-0.25, -0.2) is 0 Å². The Kier molecular flexibility index (Phi) is 21.3. The standard InChI is InChI=1S/C52H58I4N4O8/c1-5-7-17-43-47(35-15-9-11-19-41(35)67-43)49(63)33-27-37(53)51(38(54)28-33)65-25-23-59(3)31-45(61)57-21-13-14-22-58-46(62)32-60(4)24-26-66-52-39(55)29-34(30-40(52)56)50(64)48-36-16-10-12-20-42(36)68-44(48)18-8-6-2/h9-12,15-16,19-20,27-30H,5-8,13-14,17-18,21-26,31-32H2,1-4H3,(H,57,61)(H,58,62). The minimum atomic E-state index is -0.0781. The van der Waals surface area contributed by atoms with Crippen molar-refractivity contribution in [3.05, 3.63) is 121 Å². The number of benzene rings is 4. The zero-order chi connectivity index (χ0) is 48.7. The van der Waals surface area contributed by atoms with Crippen LogP contribution in [0, 0.1) is 14.3 Å². The number of hydrogen-bond donors (Lipinski definition) is 2.